The van der Waals surface area contributed by atoms with Crippen molar-refractivity contribution in [1.82, 2.24) is 0 Å². The molecular weight excluding hydrogens is 157 g/mol. The van der Waals surface area contributed by atoms with E-state index in [0.29, 0.717) is 0 Å². The normalized spacial score (nSPS) is 12.0. The van der Waals surface area contributed by atoms with Gasteiger partial charge >= 0.3 is 57.3 Å². The zero-order valence-corrected chi connectivity index (χ0v) is 8.75. The Hall–Kier alpha value is 0.543. The Morgan fingerprint density at radius 1 is 0.875 bits per heavy atom. The number of hydrogen-bond donors (Lipinski definition) is 0. The summed E-state index contributed by atoms with van der Waals surface area (Å²) < 4.78 is 2.02. The third-order valence-corrected chi connectivity index (χ3v) is 9.46. The van der Waals surface area contributed by atoms with Crippen molar-refractivity contribution in [2.45, 2.75) is 43.0 Å². The zero-order valence-electron chi connectivity index (χ0n) is 6.65. The van der Waals surface area contributed by atoms with Gasteiger partial charge in [-0.2, -0.15) is 0 Å². The number of hydrogen-bond acceptors (Lipinski definition) is 0. The van der Waals surface area contributed by atoms with E-state index in [2.05, 4.69) is 33.5 Å². The summed E-state index contributed by atoms with van der Waals surface area (Å²) in [5.41, 5.74) is 0. The summed E-state index contributed by atoms with van der Waals surface area (Å²) in [7, 11) is 0. The van der Waals surface area contributed by atoms with Crippen molar-refractivity contribution in [1.29, 1.82) is 0 Å². The zero-order chi connectivity index (χ0) is 6.73. The van der Waals surface area contributed by atoms with Crippen LogP contribution in [0.25, 0.3) is 0 Å². The second kappa shape index (κ2) is 3.55. The Bertz CT molecular complexity index is 49.4. The summed E-state index contributed by atoms with van der Waals surface area (Å²) in [5, 5.41) is 0. The first-order valence-electron chi connectivity index (χ1n) is 3.39. The van der Waals surface area contributed by atoms with Gasteiger partial charge in [0.15, 0.2) is 0 Å². The summed E-state index contributed by atoms with van der Waals surface area (Å²) in [4.78, 5) is 0. The van der Waals surface area contributed by atoms with Crippen LogP contribution in [0.5, 0.6) is 0 Å². The fraction of sp³-hybridized carbons (Fsp3) is 1.00. The van der Waals surface area contributed by atoms with Crippen LogP contribution in [-0.4, -0.2) is 14.3 Å². The molecule has 0 atom stereocenters. The molecule has 1 heteroatoms. The molecule has 0 nitrogen and oxygen atoms in total. The minimum atomic E-state index is -0.593. The summed E-state index contributed by atoms with van der Waals surface area (Å²) in [6.45, 7) is 9.43. The van der Waals surface area contributed by atoms with E-state index in [9.17, 15) is 0 Å². The summed E-state index contributed by atoms with van der Waals surface area (Å²) in [6.07, 6.45) is 0. The van der Waals surface area contributed by atoms with Crippen LogP contribution in [0.1, 0.15) is 27.7 Å². The molecule has 0 saturated carbocycles. The van der Waals surface area contributed by atoms with Gasteiger partial charge in [0.2, 0.25) is 0 Å². The average molecular weight is 174 g/mol. The van der Waals surface area contributed by atoms with Crippen molar-refractivity contribution >= 4 is 14.3 Å². The van der Waals surface area contributed by atoms with Crippen LogP contribution < -0.4 is 0 Å². The molecule has 49 valence electrons. The Labute approximate surface area is 57.8 Å². The van der Waals surface area contributed by atoms with E-state index >= 15 is 0 Å². The van der Waals surface area contributed by atoms with Crippen LogP contribution in [0.3, 0.4) is 0 Å². The third-order valence-electron chi connectivity index (χ3n) is 1.82. The van der Waals surface area contributed by atoms with Gasteiger partial charge in [-0.05, 0) is 0 Å². The van der Waals surface area contributed by atoms with Crippen LogP contribution in [0, 0.1) is 0 Å². The quantitative estimate of drug-likeness (QED) is 0.564. The van der Waals surface area contributed by atoms with Gasteiger partial charge in [0.1, 0.15) is 0 Å². The van der Waals surface area contributed by atoms with Crippen LogP contribution in [0.15, 0.2) is 0 Å². The molecule has 0 aliphatic carbocycles. The maximum absolute atomic E-state index is 2.48. The van der Waals surface area contributed by atoms with E-state index in [4.69, 9.17) is 0 Å². The second-order valence-electron chi connectivity index (χ2n) is 3.05. The van der Waals surface area contributed by atoms with Gasteiger partial charge in [0, 0.05) is 0 Å². The van der Waals surface area contributed by atoms with E-state index < -0.39 is 14.3 Å². The van der Waals surface area contributed by atoms with Crippen molar-refractivity contribution in [2.24, 2.45) is 0 Å². The Balaban J connectivity index is 3.46. The summed E-state index contributed by atoms with van der Waals surface area (Å²) >= 11 is -0.593. The fourth-order valence-electron chi connectivity index (χ4n) is 0.667. The number of rotatable bonds is 2. The molecule has 8 heavy (non-hydrogen) atoms. The van der Waals surface area contributed by atoms with Gasteiger partial charge in [-0.3, -0.25) is 0 Å². The van der Waals surface area contributed by atoms with E-state index in [-0.39, 0.29) is 0 Å². The van der Waals surface area contributed by atoms with Crippen LogP contribution >= 0.6 is 0 Å². The van der Waals surface area contributed by atoms with Gasteiger partial charge in [-0.15, -0.1) is 0 Å². The summed E-state index contributed by atoms with van der Waals surface area (Å²) in [5.74, 6) is 2.48. The van der Waals surface area contributed by atoms with Crippen LogP contribution in [-0.2, 0) is 0 Å². The molecule has 0 heterocycles. The Morgan fingerprint density at radius 2 is 1.12 bits per heavy atom. The standard InChI is InChI=1S/C7H17Ge/c1-6(2)8(5)7(3)4/h6-7H,1-5H3. The first-order chi connectivity index (χ1) is 3.55. The van der Waals surface area contributed by atoms with E-state index in [1.165, 1.54) is 0 Å². The molecule has 0 unspecified atom stereocenters. The fourth-order valence-corrected chi connectivity index (χ4v) is 3.46. The van der Waals surface area contributed by atoms with Crippen molar-refractivity contribution < 1.29 is 0 Å². The molecule has 0 aromatic carbocycles. The van der Waals surface area contributed by atoms with Crippen molar-refractivity contribution in [3.63, 3.8) is 0 Å². The topological polar surface area (TPSA) is 0 Å². The molecule has 0 N–H and O–H groups in total. The molecule has 0 amide bonds. The molecule has 0 fully saturated rings. The predicted octanol–water partition coefficient (Wildman–Crippen LogP) is 2.93. The van der Waals surface area contributed by atoms with Crippen LogP contribution in [0.4, 0.5) is 0 Å². The first kappa shape index (κ1) is 8.54. The monoisotopic (exact) mass is 175 g/mol. The molecule has 0 aromatic rings. The molecule has 0 aromatic heterocycles. The van der Waals surface area contributed by atoms with Gasteiger partial charge in [0.05, 0.1) is 0 Å². The molecule has 0 saturated heterocycles. The first-order valence-corrected chi connectivity index (χ1v) is 7.91. The molecule has 0 aliphatic heterocycles. The Kier molecular flexibility index (Phi) is 3.79. The van der Waals surface area contributed by atoms with E-state index in [1.807, 2.05) is 0 Å². The van der Waals surface area contributed by atoms with Crippen molar-refractivity contribution in [3.05, 3.63) is 0 Å². The second-order valence-corrected chi connectivity index (χ2v) is 11.0. The molecule has 0 aliphatic rings. The van der Waals surface area contributed by atoms with Gasteiger partial charge < -0.3 is 0 Å². The van der Waals surface area contributed by atoms with Gasteiger partial charge in [-0.25, -0.2) is 0 Å². The van der Waals surface area contributed by atoms with E-state index in [1.54, 1.807) is 0 Å². The van der Waals surface area contributed by atoms with Crippen molar-refractivity contribution in [2.75, 3.05) is 0 Å². The molecule has 1 radical (unpaired) electrons. The maximum atomic E-state index is 2.48. The SMILES string of the molecule is C[CH](C)[Ge]([CH3])[CH](C)C. The molecule has 0 bridgehead atoms. The molecule has 0 rings (SSSR count). The average Bonchev–Trinajstić information content (AvgIpc) is 1.64. The van der Waals surface area contributed by atoms with Gasteiger partial charge in [0.25, 0.3) is 0 Å². The van der Waals surface area contributed by atoms with Gasteiger partial charge in [-0.1, -0.05) is 0 Å². The van der Waals surface area contributed by atoms with E-state index in [0.717, 1.165) is 9.50 Å². The molecule has 0 spiro atoms. The predicted molar refractivity (Wildman–Crippen MR) is 41.8 cm³/mol. The van der Waals surface area contributed by atoms with Crippen LogP contribution in [0.2, 0.25) is 15.3 Å². The Morgan fingerprint density at radius 3 is 1.12 bits per heavy atom. The molecular formula is C7H17Ge. The summed E-state index contributed by atoms with van der Waals surface area (Å²) in [6, 6.07) is 0. The van der Waals surface area contributed by atoms with Crippen molar-refractivity contribution in [3.8, 4) is 0 Å². The minimum absolute atomic E-state index is 0.593. The third kappa shape index (κ3) is 2.75.